The minimum atomic E-state index is -0.756. The Morgan fingerprint density at radius 2 is 1.81 bits per heavy atom. The molecule has 1 N–H and O–H groups in total. The predicted molar refractivity (Wildman–Crippen MR) is 117 cm³/mol. The first-order valence-corrected chi connectivity index (χ1v) is 10.6. The number of halogens is 2. The molecule has 5 rings (SSSR count). The summed E-state index contributed by atoms with van der Waals surface area (Å²) in [5, 5.41) is 11.3. The molecule has 2 aromatic carbocycles. The predicted octanol–water partition coefficient (Wildman–Crippen LogP) is 5.23. The maximum absolute atomic E-state index is 13.9. The van der Waals surface area contributed by atoms with E-state index >= 15 is 0 Å². The van der Waals surface area contributed by atoms with Gasteiger partial charge in [0.1, 0.15) is 21.7 Å². The lowest BCUT2D eigenvalue weighted by atomic mass is 9.83. The highest BCUT2D eigenvalue weighted by molar-refractivity contribution is 7.99. The summed E-state index contributed by atoms with van der Waals surface area (Å²) in [5.74, 6) is -0.854. The van der Waals surface area contributed by atoms with Crippen LogP contribution in [0.15, 0.2) is 72.3 Å². The number of rotatable bonds is 2. The average Bonchev–Trinajstić information content (AvgIpc) is 2.93. The van der Waals surface area contributed by atoms with Gasteiger partial charge in [-0.1, -0.05) is 37.2 Å². The molecule has 156 valence electrons. The van der Waals surface area contributed by atoms with Gasteiger partial charge in [-0.05, 0) is 48.0 Å². The third kappa shape index (κ3) is 2.91. The lowest BCUT2D eigenvalue weighted by Gasteiger charge is -2.20. The highest BCUT2D eigenvalue weighted by atomic mass is 35.5. The second kappa shape index (κ2) is 6.73. The van der Waals surface area contributed by atoms with Crippen LogP contribution in [0, 0.1) is 5.82 Å². The van der Waals surface area contributed by atoms with E-state index in [1.54, 1.807) is 30.3 Å². The molecule has 5 nitrogen and oxygen atoms in total. The molecule has 0 atom stereocenters. The van der Waals surface area contributed by atoms with Crippen LogP contribution in [0.5, 0.6) is 5.75 Å². The minimum Gasteiger partial charge on any atom is -0.505 e. The summed E-state index contributed by atoms with van der Waals surface area (Å²) >= 11 is 6.88. The molecule has 2 aromatic heterocycles. The Kier molecular flexibility index (Phi) is 4.32. The van der Waals surface area contributed by atoms with Gasteiger partial charge in [0.15, 0.2) is 5.75 Å². The molecule has 0 bridgehead atoms. The van der Waals surface area contributed by atoms with Gasteiger partial charge in [0.25, 0.3) is 5.56 Å². The van der Waals surface area contributed by atoms with Gasteiger partial charge in [0.05, 0.1) is 5.69 Å². The molecule has 0 amide bonds. The molecule has 0 aliphatic carbocycles. The summed E-state index contributed by atoms with van der Waals surface area (Å²) in [4.78, 5) is 26.6. The van der Waals surface area contributed by atoms with Crippen molar-refractivity contribution in [2.75, 3.05) is 0 Å². The van der Waals surface area contributed by atoms with Crippen molar-refractivity contribution in [3.05, 3.63) is 91.4 Å². The minimum absolute atomic E-state index is 0.0134. The molecule has 1 aliphatic heterocycles. The van der Waals surface area contributed by atoms with Crippen molar-refractivity contribution in [3.63, 3.8) is 0 Å². The van der Waals surface area contributed by atoms with Crippen LogP contribution in [0.25, 0.3) is 16.7 Å². The first-order chi connectivity index (χ1) is 14.7. The van der Waals surface area contributed by atoms with E-state index in [4.69, 9.17) is 16.0 Å². The summed E-state index contributed by atoms with van der Waals surface area (Å²) in [5.41, 5.74) is -0.288. The smallest absolute Gasteiger partial charge is 0.354 e. The van der Waals surface area contributed by atoms with Crippen molar-refractivity contribution < 1.29 is 13.9 Å². The monoisotopic (exact) mass is 455 g/mol. The zero-order valence-electron chi connectivity index (χ0n) is 16.4. The number of pyridine rings is 1. The van der Waals surface area contributed by atoms with E-state index in [0.29, 0.717) is 26.9 Å². The van der Waals surface area contributed by atoms with Crippen LogP contribution in [0.3, 0.4) is 0 Å². The third-order valence-corrected chi connectivity index (χ3v) is 6.88. The maximum atomic E-state index is 13.9. The van der Waals surface area contributed by atoms with Gasteiger partial charge in [0, 0.05) is 27.1 Å². The van der Waals surface area contributed by atoms with Gasteiger partial charge in [-0.2, -0.15) is 0 Å². The van der Waals surface area contributed by atoms with Crippen LogP contribution in [0.4, 0.5) is 4.39 Å². The molecule has 31 heavy (non-hydrogen) atoms. The fraction of sp³-hybridized carbons (Fsp3) is 0.130. The fourth-order valence-corrected chi connectivity index (χ4v) is 4.95. The van der Waals surface area contributed by atoms with E-state index in [-0.39, 0.29) is 15.9 Å². The molecular formula is C23H15ClFNO4S. The molecule has 3 heterocycles. The molecule has 0 unspecified atom stereocenters. The summed E-state index contributed by atoms with van der Waals surface area (Å²) in [6, 6.07) is 12.5. The number of aromatic nitrogens is 1. The van der Waals surface area contributed by atoms with Crippen LogP contribution in [-0.2, 0) is 5.41 Å². The van der Waals surface area contributed by atoms with Crippen LogP contribution >= 0.6 is 23.4 Å². The normalized spacial score (nSPS) is 13.9. The van der Waals surface area contributed by atoms with Crippen LogP contribution in [0.1, 0.15) is 25.1 Å². The summed E-state index contributed by atoms with van der Waals surface area (Å²) in [6.45, 7) is 3.72. The maximum Gasteiger partial charge on any atom is 0.354 e. The van der Waals surface area contributed by atoms with Gasteiger partial charge in [0.2, 0.25) is 0 Å². The first-order valence-electron chi connectivity index (χ1n) is 9.38. The lowest BCUT2D eigenvalue weighted by molar-refractivity contribution is 0.445. The van der Waals surface area contributed by atoms with Crippen molar-refractivity contribution >= 4 is 34.3 Å². The Morgan fingerprint density at radius 1 is 1.10 bits per heavy atom. The van der Waals surface area contributed by atoms with Gasteiger partial charge >= 0.3 is 5.63 Å². The van der Waals surface area contributed by atoms with Crippen LogP contribution < -0.4 is 11.2 Å². The molecule has 0 fully saturated rings. The summed E-state index contributed by atoms with van der Waals surface area (Å²) in [6.07, 6.45) is 0. The Hall–Kier alpha value is -3.03. The van der Waals surface area contributed by atoms with E-state index in [0.717, 1.165) is 11.8 Å². The van der Waals surface area contributed by atoms with E-state index in [1.807, 2.05) is 13.8 Å². The van der Waals surface area contributed by atoms with Gasteiger partial charge in [-0.15, -0.1) is 0 Å². The third-order valence-electron chi connectivity index (χ3n) is 5.56. The molecule has 0 saturated carbocycles. The van der Waals surface area contributed by atoms with Gasteiger partial charge in [-0.3, -0.25) is 9.36 Å². The highest BCUT2D eigenvalue weighted by Gasteiger charge is 2.38. The summed E-state index contributed by atoms with van der Waals surface area (Å²) in [7, 11) is 0. The second-order valence-corrected chi connectivity index (χ2v) is 9.34. The lowest BCUT2D eigenvalue weighted by Crippen LogP contribution is -2.24. The van der Waals surface area contributed by atoms with E-state index < -0.39 is 28.2 Å². The molecular weight excluding hydrogens is 441 g/mol. The number of benzene rings is 2. The molecule has 0 radical (unpaired) electrons. The number of aromatic hydroxyl groups is 1. The Bertz CT molecular complexity index is 1510. The standard InChI is InChI=1S/C23H15ClFNO4S/c1-23(2)14-9-12(25)5-8-15(14)26-17(23)10-16-18(21(26)28)19(27)20(22(29)30-16)31-13-6-3-11(24)4-7-13/h3-10,27H,1-2H3. The average molecular weight is 456 g/mol. The molecule has 8 heteroatoms. The van der Waals surface area contributed by atoms with E-state index in [9.17, 15) is 19.1 Å². The summed E-state index contributed by atoms with van der Waals surface area (Å²) < 4.78 is 20.8. The Balaban J connectivity index is 1.79. The van der Waals surface area contributed by atoms with Crippen molar-refractivity contribution in [1.82, 2.24) is 4.57 Å². The zero-order valence-corrected chi connectivity index (χ0v) is 18.0. The van der Waals surface area contributed by atoms with Crippen molar-refractivity contribution in [3.8, 4) is 11.4 Å². The number of hydrogen-bond donors (Lipinski definition) is 1. The van der Waals surface area contributed by atoms with Crippen molar-refractivity contribution in [2.45, 2.75) is 29.1 Å². The first kappa shape index (κ1) is 19.9. The number of nitrogens with zero attached hydrogens (tertiary/aromatic N) is 1. The van der Waals surface area contributed by atoms with Crippen molar-refractivity contribution in [2.24, 2.45) is 0 Å². The van der Waals surface area contributed by atoms with Crippen molar-refractivity contribution in [1.29, 1.82) is 0 Å². The van der Waals surface area contributed by atoms with Gasteiger partial charge in [-0.25, -0.2) is 9.18 Å². The molecule has 0 saturated heterocycles. The highest BCUT2D eigenvalue weighted by Crippen LogP contribution is 2.44. The second-order valence-electron chi connectivity index (χ2n) is 7.82. The fourth-order valence-electron chi connectivity index (χ4n) is 3.99. The zero-order chi connectivity index (χ0) is 22.1. The Morgan fingerprint density at radius 3 is 2.52 bits per heavy atom. The largest absolute Gasteiger partial charge is 0.505 e. The number of hydrogen-bond acceptors (Lipinski definition) is 5. The topological polar surface area (TPSA) is 72.4 Å². The van der Waals surface area contributed by atoms with E-state index in [1.165, 1.54) is 22.8 Å². The quantitative estimate of drug-likeness (QED) is 0.448. The Labute approximate surface area is 184 Å². The van der Waals surface area contributed by atoms with Crippen LogP contribution in [-0.4, -0.2) is 9.67 Å². The number of fused-ring (bicyclic) bond motifs is 4. The van der Waals surface area contributed by atoms with Crippen LogP contribution in [0.2, 0.25) is 5.02 Å². The van der Waals surface area contributed by atoms with E-state index in [2.05, 4.69) is 0 Å². The molecule has 0 spiro atoms. The molecule has 1 aliphatic rings. The van der Waals surface area contributed by atoms with Gasteiger partial charge < -0.3 is 9.52 Å². The molecule has 4 aromatic rings. The SMILES string of the molecule is CC1(C)c2cc(F)ccc2-n2c1cc1oc(=O)c(Sc3ccc(Cl)cc3)c(O)c1c2=O.